The van der Waals surface area contributed by atoms with Crippen LogP contribution in [-0.2, 0) is 11.3 Å². The Hall–Kier alpha value is -2.77. The Morgan fingerprint density at radius 1 is 1.28 bits per heavy atom. The molecule has 1 aliphatic rings. The van der Waals surface area contributed by atoms with Crippen molar-refractivity contribution in [3.8, 4) is 0 Å². The maximum atomic E-state index is 12.3. The van der Waals surface area contributed by atoms with Crippen molar-refractivity contribution in [1.29, 1.82) is 0 Å². The van der Waals surface area contributed by atoms with Crippen molar-refractivity contribution >= 4 is 17.5 Å². The topological polar surface area (TPSA) is 102 Å². The highest BCUT2D eigenvalue weighted by Gasteiger charge is 2.23. The van der Waals surface area contributed by atoms with Crippen molar-refractivity contribution in [2.45, 2.75) is 45.1 Å². The third-order valence-electron chi connectivity index (χ3n) is 4.32. The molecule has 0 unspecified atom stereocenters. The fourth-order valence-corrected chi connectivity index (χ4v) is 3.14. The fourth-order valence-electron chi connectivity index (χ4n) is 3.14. The van der Waals surface area contributed by atoms with Crippen molar-refractivity contribution < 1.29 is 9.59 Å². The van der Waals surface area contributed by atoms with E-state index < -0.39 is 0 Å². The van der Waals surface area contributed by atoms with Gasteiger partial charge in [0.05, 0.1) is 0 Å². The summed E-state index contributed by atoms with van der Waals surface area (Å²) in [5.74, 6) is 0.731. The Balaban J connectivity index is 1.64. The summed E-state index contributed by atoms with van der Waals surface area (Å²) in [6.07, 6.45) is 4.49. The van der Waals surface area contributed by atoms with E-state index in [1.807, 2.05) is 6.92 Å². The molecule has 0 radical (unpaired) electrons. The molecule has 2 aromatic rings. The molecule has 1 aliphatic carbocycles. The molecule has 1 aromatic carbocycles. The predicted octanol–water partition coefficient (Wildman–Crippen LogP) is 1.72. The monoisotopic (exact) mass is 342 g/mol. The molecule has 0 spiro atoms. The van der Waals surface area contributed by atoms with Gasteiger partial charge in [-0.1, -0.05) is 18.9 Å². The van der Waals surface area contributed by atoms with Gasteiger partial charge in [0.2, 0.25) is 5.91 Å². The Bertz CT molecular complexity index is 751. The van der Waals surface area contributed by atoms with Crippen LogP contribution in [0.4, 0.5) is 5.69 Å². The van der Waals surface area contributed by atoms with E-state index >= 15 is 0 Å². The van der Waals surface area contributed by atoms with Gasteiger partial charge in [-0.15, -0.1) is 5.10 Å². The largest absolute Gasteiger partial charge is 0.352 e. The maximum Gasteiger partial charge on any atom is 0.251 e. The first-order valence-corrected chi connectivity index (χ1v) is 8.61. The van der Waals surface area contributed by atoms with E-state index in [1.165, 1.54) is 12.8 Å². The number of hydrogen-bond acceptors (Lipinski definition) is 5. The lowest BCUT2D eigenvalue weighted by atomic mass is 10.1. The van der Waals surface area contributed by atoms with Gasteiger partial charge < -0.3 is 10.6 Å². The molecule has 132 valence electrons. The van der Waals surface area contributed by atoms with E-state index in [2.05, 4.69) is 26.2 Å². The number of rotatable bonds is 6. The van der Waals surface area contributed by atoms with Gasteiger partial charge >= 0.3 is 0 Å². The molecule has 8 nitrogen and oxygen atoms in total. The van der Waals surface area contributed by atoms with Crippen molar-refractivity contribution in [2.24, 2.45) is 0 Å². The van der Waals surface area contributed by atoms with Gasteiger partial charge in [0.25, 0.3) is 5.91 Å². The van der Waals surface area contributed by atoms with Crippen LogP contribution in [0.5, 0.6) is 0 Å². The first-order chi connectivity index (χ1) is 12.2. The van der Waals surface area contributed by atoms with Gasteiger partial charge in [-0.2, -0.15) is 0 Å². The average molecular weight is 342 g/mol. The third-order valence-corrected chi connectivity index (χ3v) is 4.32. The second kappa shape index (κ2) is 7.87. The number of tetrazole rings is 1. The SMILES string of the molecule is CCNC(=O)c1cccc(NC(=O)Cn2nnnc2C2CCCC2)c1. The van der Waals surface area contributed by atoms with Gasteiger partial charge in [0, 0.05) is 23.7 Å². The van der Waals surface area contributed by atoms with E-state index in [1.54, 1.807) is 28.9 Å². The van der Waals surface area contributed by atoms with Gasteiger partial charge in [-0.25, -0.2) is 4.68 Å². The van der Waals surface area contributed by atoms with Gasteiger partial charge in [0.15, 0.2) is 5.82 Å². The summed E-state index contributed by atoms with van der Waals surface area (Å²) in [6.45, 7) is 2.47. The summed E-state index contributed by atoms with van der Waals surface area (Å²) in [5, 5.41) is 17.3. The van der Waals surface area contributed by atoms with Crippen LogP contribution in [0, 0.1) is 0 Å². The number of nitrogens with zero attached hydrogens (tertiary/aromatic N) is 4. The Morgan fingerprint density at radius 3 is 2.84 bits per heavy atom. The van der Waals surface area contributed by atoms with Gasteiger partial charge in [-0.3, -0.25) is 9.59 Å². The van der Waals surface area contributed by atoms with E-state index in [0.29, 0.717) is 23.7 Å². The normalized spacial score (nSPS) is 14.4. The number of carbonyl (C=O) groups excluding carboxylic acids is 2. The number of benzene rings is 1. The van der Waals surface area contributed by atoms with Gasteiger partial charge in [-0.05, 0) is 48.4 Å². The smallest absolute Gasteiger partial charge is 0.251 e. The minimum atomic E-state index is -0.223. The molecule has 0 aliphatic heterocycles. The lowest BCUT2D eigenvalue weighted by molar-refractivity contribution is -0.117. The Labute approximate surface area is 146 Å². The molecule has 1 heterocycles. The Morgan fingerprint density at radius 2 is 2.08 bits per heavy atom. The molecule has 0 saturated heterocycles. The Kier molecular flexibility index (Phi) is 5.37. The summed E-state index contributed by atoms with van der Waals surface area (Å²) in [6, 6.07) is 6.85. The molecule has 2 amide bonds. The first kappa shape index (κ1) is 17.1. The predicted molar refractivity (Wildman–Crippen MR) is 92.1 cm³/mol. The quantitative estimate of drug-likeness (QED) is 0.832. The molecule has 0 bridgehead atoms. The summed E-state index contributed by atoms with van der Waals surface area (Å²) in [4.78, 5) is 24.2. The molecule has 8 heteroatoms. The van der Waals surface area contributed by atoms with Crippen molar-refractivity contribution in [2.75, 3.05) is 11.9 Å². The van der Waals surface area contributed by atoms with Crippen LogP contribution in [0.25, 0.3) is 0 Å². The molecule has 1 saturated carbocycles. The minimum Gasteiger partial charge on any atom is -0.352 e. The van der Waals surface area contributed by atoms with Crippen LogP contribution in [0.15, 0.2) is 24.3 Å². The molecule has 25 heavy (non-hydrogen) atoms. The van der Waals surface area contributed by atoms with Crippen LogP contribution in [0.1, 0.15) is 54.7 Å². The molecule has 2 N–H and O–H groups in total. The maximum absolute atomic E-state index is 12.3. The highest BCUT2D eigenvalue weighted by atomic mass is 16.2. The van der Waals surface area contributed by atoms with Crippen LogP contribution in [-0.4, -0.2) is 38.6 Å². The lowest BCUT2D eigenvalue weighted by Gasteiger charge is -2.10. The molecular weight excluding hydrogens is 320 g/mol. The van der Waals surface area contributed by atoms with E-state index in [4.69, 9.17) is 0 Å². The summed E-state index contributed by atoms with van der Waals surface area (Å²) in [5.41, 5.74) is 1.08. The fraction of sp³-hybridized carbons (Fsp3) is 0.471. The molecular formula is C17H22N6O2. The zero-order valence-corrected chi connectivity index (χ0v) is 14.2. The van der Waals surface area contributed by atoms with Crippen molar-refractivity contribution in [3.63, 3.8) is 0 Å². The molecule has 3 rings (SSSR count). The zero-order valence-electron chi connectivity index (χ0n) is 14.2. The number of anilines is 1. The summed E-state index contributed by atoms with van der Waals surface area (Å²) >= 11 is 0. The van der Waals surface area contributed by atoms with Crippen LogP contribution in [0.2, 0.25) is 0 Å². The highest BCUT2D eigenvalue weighted by Crippen LogP contribution is 2.32. The second-order valence-corrected chi connectivity index (χ2v) is 6.16. The molecule has 1 fully saturated rings. The van der Waals surface area contributed by atoms with Gasteiger partial charge in [0.1, 0.15) is 6.54 Å². The first-order valence-electron chi connectivity index (χ1n) is 8.61. The number of aromatic nitrogens is 4. The third kappa shape index (κ3) is 4.20. The van der Waals surface area contributed by atoms with Crippen LogP contribution >= 0.6 is 0 Å². The van der Waals surface area contributed by atoms with Crippen molar-refractivity contribution in [1.82, 2.24) is 25.5 Å². The highest BCUT2D eigenvalue weighted by molar-refractivity contribution is 5.97. The van der Waals surface area contributed by atoms with Crippen molar-refractivity contribution in [3.05, 3.63) is 35.7 Å². The molecule has 1 aromatic heterocycles. The zero-order chi connectivity index (χ0) is 17.6. The van der Waals surface area contributed by atoms with E-state index in [9.17, 15) is 9.59 Å². The minimum absolute atomic E-state index is 0.0597. The number of hydrogen-bond donors (Lipinski definition) is 2. The lowest BCUT2D eigenvalue weighted by Crippen LogP contribution is -2.24. The average Bonchev–Trinajstić information content (AvgIpc) is 3.26. The second-order valence-electron chi connectivity index (χ2n) is 6.16. The summed E-state index contributed by atoms with van der Waals surface area (Å²) in [7, 11) is 0. The van der Waals surface area contributed by atoms with E-state index in [-0.39, 0.29) is 18.4 Å². The van der Waals surface area contributed by atoms with E-state index in [0.717, 1.165) is 18.7 Å². The number of nitrogens with one attached hydrogen (secondary N) is 2. The van der Waals surface area contributed by atoms with Crippen LogP contribution < -0.4 is 10.6 Å². The molecule has 0 atom stereocenters. The summed E-state index contributed by atoms with van der Waals surface area (Å²) < 4.78 is 1.57. The number of amides is 2. The number of carbonyl (C=O) groups is 2. The van der Waals surface area contributed by atoms with Crippen LogP contribution in [0.3, 0.4) is 0 Å². The standard InChI is InChI=1S/C17H22N6O2/c1-2-18-17(25)13-8-5-9-14(10-13)19-15(24)11-23-16(20-21-22-23)12-6-3-4-7-12/h5,8-10,12H,2-4,6-7,11H2,1H3,(H,18,25)(H,19,24).